The normalized spacial score (nSPS) is 10.8. The molecule has 106 valence electrons. The zero-order valence-corrected chi connectivity index (χ0v) is 12.0. The molecule has 5 heteroatoms. The minimum atomic E-state index is -0.620. The number of nitrogens with one attached hydrogen (secondary N) is 1. The van der Waals surface area contributed by atoms with Crippen LogP contribution in [0.4, 0.5) is 4.39 Å². The fourth-order valence-corrected chi connectivity index (χ4v) is 1.71. The van der Waals surface area contributed by atoms with Crippen molar-refractivity contribution >= 4 is 17.5 Å². The Bertz CT molecular complexity index is 404. The van der Waals surface area contributed by atoms with Crippen LogP contribution in [0.3, 0.4) is 0 Å². The Morgan fingerprint density at radius 2 is 2.16 bits per heavy atom. The van der Waals surface area contributed by atoms with E-state index in [0.717, 1.165) is 6.42 Å². The van der Waals surface area contributed by atoms with Gasteiger partial charge in [-0.25, -0.2) is 4.39 Å². The highest BCUT2D eigenvalue weighted by Gasteiger charge is 2.14. The van der Waals surface area contributed by atoms with E-state index in [1.54, 1.807) is 0 Å². The van der Waals surface area contributed by atoms with Crippen molar-refractivity contribution in [1.29, 1.82) is 0 Å². The number of halogens is 2. The van der Waals surface area contributed by atoms with Gasteiger partial charge in [-0.1, -0.05) is 31.5 Å². The van der Waals surface area contributed by atoms with E-state index in [1.807, 2.05) is 0 Å². The van der Waals surface area contributed by atoms with Crippen LogP contribution in [0.25, 0.3) is 0 Å². The summed E-state index contributed by atoms with van der Waals surface area (Å²) in [6, 6.07) is 4.15. The molecule has 1 aromatic rings. The maximum Gasteiger partial charge on any atom is 0.255 e. The molecule has 19 heavy (non-hydrogen) atoms. The molecule has 1 amide bonds. The standard InChI is InChI=1S/C14H19ClFNO2/c1-10(2)6-8-19-9-7-17-14(18)13-11(15)4-3-5-12(13)16/h3-5,10H,6-9H2,1-2H3,(H,17,18). The summed E-state index contributed by atoms with van der Waals surface area (Å²) in [6.45, 7) is 5.64. The fraction of sp³-hybridized carbons (Fsp3) is 0.500. The van der Waals surface area contributed by atoms with Crippen LogP contribution in [0.1, 0.15) is 30.6 Å². The van der Waals surface area contributed by atoms with Crippen LogP contribution in [-0.4, -0.2) is 25.7 Å². The third-order valence-corrected chi connectivity index (χ3v) is 2.88. The highest BCUT2D eigenvalue weighted by atomic mass is 35.5. The summed E-state index contributed by atoms with van der Waals surface area (Å²) in [7, 11) is 0. The van der Waals surface area contributed by atoms with Crippen molar-refractivity contribution in [3.05, 3.63) is 34.6 Å². The second kappa shape index (κ2) is 8.12. The number of amides is 1. The van der Waals surface area contributed by atoms with Gasteiger partial charge in [0.25, 0.3) is 5.91 Å². The summed E-state index contributed by atoms with van der Waals surface area (Å²) in [4.78, 5) is 11.7. The van der Waals surface area contributed by atoms with Crippen LogP contribution in [0, 0.1) is 11.7 Å². The maximum atomic E-state index is 13.4. The summed E-state index contributed by atoms with van der Waals surface area (Å²) in [5, 5.41) is 2.69. The summed E-state index contributed by atoms with van der Waals surface area (Å²) in [5.41, 5.74) is -0.119. The molecule has 0 aromatic heterocycles. The predicted molar refractivity (Wildman–Crippen MR) is 74.0 cm³/mol. The molecule has 0 spiro atoms. The van der Waals surface area contributed by atoms with Crippen molar-refractivity contribution in [3.63, 3.8) is 0 Å². The first kappa shape index (κ1) is 15.9. The molecule has 1 rings (SSSR count). The molecule has 0 heterocycles. The fourth-order valence-electron chi connectivity index (χ4n) is 1.46. The van der Waals surface area contributed by atoms with Gasteiger partial charge in [0.05, 0.1) is 17.2 Å². The van der Waals surface area contributed by atoms with E-state index < -0.39 is 11.7 Å². The lowest BCUT2D eigenvalue weighted by atomic mass is 10.1. The SMILES string of the molecule is CC(C)CCOCCNC(=O)c1c(F)cccc1Cl. The molecular weight excluding hydrogens is 269 g/mol. The second-order valence-electron chi connectivity index (χ2n) is 4.65. The van der Waals surface area contributed by atoms with Crippen molar-refractivity contribution in [1.82, 2.24) is 5.32 Å². The van der Waals surface area contributed by atoms with Crippen molar-refractivity contribution < 1.29 is 13.9 Å². The van der Waals surface area contributed by atoms with Crippen LogP contribution < -0.4 is 5.32 Å². The zero-order chi connectivity index (χ0) is 14.3. The maximum absolute atomic E-state index is 13.4. The molecule has 0 aliphatic rings. The number of hydrogen-bond acceptors (Lipinski definition) is 2. The van der Waals surface area contributed by atoms with Gasteiger partial charge in [0.1, 0.15) is 5.82 Å². The third-order valence-electron chi connectivity index (χ3n) is 2.56. The first-order chi connectivity index (χ1) is 9.02. The van der Waals surface area contributed by atoms with Crippen molar-refractivity contribution in [2.75, 3.05) is 19.8 Å². The van der Waals surface area contributed by atoms with Gasteiger partial charge in [-0.15, -0.1) is 0 Å². The van der Waals surface area contributed by atoms with Gasteiger partial charge in [0.2, 0.25) is 0 Å². The summed E-state index contributed by atoms with van der Waals surface area (Å²) in [5.74, 6) is -0.548. The molecule has 0 aliphatic heterocycles. The van der Waals surface area contributed by atoms with E-state index in [2.05, 4.69) is 19.2 Å². The van der Waals surface area contributed by atoms with Crippen LogP contribution in [-0.2, 0) is 4.74 Å². The number of carbonyl (C=O) groups excluding carboxylic acids is 1. The quantitative estimate of drug-likeness (QED) is 0.782. The molecular formula is C14H19ClFNO2. The molecule has 0 atom stereocenters. The Morgan fingerprint density at radius 3 is 2.79 bits per heavy atom. The van der Waals surface area contributed by atoms with Gasteiger partial charge in [0, 0.05) is 13.2 Å². The Hall–Kier alpha value is -1.13. The lowest BCUT2D eigenvalue weighted by Crippen LogP contribution is -2.28. The Balaban J connectivity index is 2.32. The van der Waals surface area contributed by atoms with Crippen LogP contribution in [0.2, 0.25) is 5.02 Å². The van der Waals surface area contributed by atoms with Crippen LogP contribution in [0.15, 0.2) is 18.2 Å². The van der Waals surface area contributed by atoms with Crippen LogP contribution in [0.5, 0.6) is 0 Å². The molecule has 0 fully saturated rings. The van der Waals surface area contributed by atoms with Gasteiger partial charge in [-0.2, -0.15) is 0 Å². The number of benzene rings is 1. The molecule has 0 bridgehead atoms. The minimum absolute atomic E-state index is 0.109. The second-order valence-corrected chi connectivity index (χ2v) is 5.05. The third kappa shape index (κ3) is 5.57. The van der Waals surface area contributed by atoms with Crippen molar-refractivity contribution in [2.45, 2.75) is 20.3 Å². The number of carbonyl (C=O) groups is 1. The van der Waals surface area contributed by atoms with E-state index in [1.165, 1.54) is 18.2 Å². The van der Waals surface area contributed by atoms with Crippen molar-refractivity contribution in [3.8, 4) is 0 Å². The van der Waals surface area contributed by atoms with Gasteiger partial charge >= 0.3 is 0 Å². The van der Waals surface area contributed by atoms with E-state index >= 15 is 0 Å². The smallest absolute Gasteiger partial charge is 0.255 e. The number of hydrogen-bond donors (Lipinski definition) is 1. The zero-order valence-electron chi connectivity index (χ0n) is 11.2. The molecule has 0 aliphatic carbocycles. The summed E-state index contributed by atoms with van der Waals surface area (Å²) >= 11 is 5.79. The minimum Gasteiger partial charge on any atom is -0.380 e. The molecule has 3 nitrogen and oxygen atoms in total. The molecule has 0 saturated carbocycles. The van der Waals surface area contributed by atoms with E-state index in [4.69, 9.17) is 16.3 Å². The van der Waals surface area contributed by atoms with Gasteiger partial charge in [-0.3, -0.25) is 4.79 Å². The molecule has 0 unspecified atom stereocenters. The van der Waals surface area contributed by atoms with Crippen LogP contribution >= 0.6 is 11.6 Å². The van der Waals surface area contributed by atoms with Gasteiger partial charge in [-0.05, 0) is 24.5 Å². The average molecular weight is 288 g/mol. The molecule has 1 aromatic carbocycles. The molecule has 0 radical (unpaired) electrons. The largest absolute Gasteiger partial charge is 0.380 e. The predicted octanol–water partition coefficient (Wildman–Crippen LogP) is 3.27. The molecule has 1 N–H and O–H groups in total. The number of rotatable bonds is 7. The van der Waals surface area contributed by atoms with Gasteiger partial charge in [0.15, 0.2) is 0 Å². The topological polar surface area (TPSA) is 38.3 Å². The highest BCUT2D eigenvalue weighted by Crippen LogP contribution is 2.18. The first-order valence-corrected chi connectivity index (χ1v) is 6.70. The van der Waals surface area contributed by atoms with E-state index in [9.17, 15) is 9.18 Å². The number of ether oxygens (including phenoxy) is 1. The lowest BCUT2D eigenvalue weighted by Gasteiger charge is -2.09. The molecule has 0 saturated heterocycles. The Morgan fingerprint density at radius 1 is 1.42 bits per heavy atom. The van der Waals surface area contributed by atoms with Gasteiger partial charge < -0.3 is 10.1 Å². The lowest BCUT2D eigenvalue weighted by molar-refractivity contribution is 0.0902. The van der Waals surface area contributed by atoms with Crippen molar-refractivity contribution in [2.24, 2.45) is 5.92 Å². The average Bonchev–Trinajstić information content (AvgIpc) is 2.33. The monoisotopic (exact) mass is 287 g/mol. The first-order valence-electron chi connectivity index (χ1n) is 6.32. The van der Waals surface area contributed by atoms with E-state index in [0.29, 0.717) is 25.7 Å². The Kier molecular flexibility index (Phi) is 6.81. The summed E-state index contributed by atoms with van der Waals surface area (Å²) in [6.07, 6.45) is 0.979. The van der Waals surface area contributed by atoms with E-state index in [-0.39, 0.29) is 10.6 Å². The highest BCUT2D eigenvalue weighted by molar-refractivity contribution is 6.33. The Labute approximate surface area is 118 Å². The summed E-state index contributed by atoms with van der Waals surface area (Å²) < 4.78 is 18.8.